The Balaban J connectivity index is 1.57. The van der Waals surface area contributed by atoms with Crippen molar-refractivity contribution in [1.82, 2.24) is 4.83 Å². The molecule has 0 unspecified atom stereocenters. The number of nitrogens with one attached hydrogen (secondary N) is 1. The zero-order chi connectivity index (χ0) is 19.1. The molecule has 0 fully saturated rings. The first-order valence-corrected chi connectivity index (χ1v) is 9.90. The van der Waals surface area contributed by atoms with Crippen LogP contribution in [0.5, 0.6) is 5.75 Å². The Hall–Kier alpha value is -3.12. The van der Waals surface area contributed by atoms with Gasteiger partial charge in [0.1, 0.15) is 12.4 Å². The fourth-order valence-corrected chi connectivity index (χ4v) is 3.22. The minimum atomic E-state index is -3.65. The first-order chi connectivity index (χ1) is 13.0. The highest BCUT2D eigenvalue weighted by Gasteiger charge is 2.10. The molecule has 0 atom stereocenters. The van der Waals surface area contributed by atoms with E-state index in [9.17, 15) is 8.42 Å². The number of benzene rings is 3. The molecule has 27 heavy (non-hydrogen) atoms. The van der Waals surface area contributed by atoms with Crippen molar-refractivity contribution in [1.29, 1.82) is 0 Å². The number of hydrogen-bond acceptors (Lipinski definition) is 4. The lowest BCUT2D eigenvalue weighted by atomic mass is 10.1. The molecule has 0 saturated carbocycles. The van der Waals surface area contributed by atoms with Crippen molar-refractivity contribution < 1.29 is 13.2 Å². The lowest BCUT2D eigenvalue weighted by molar-refractivity contribution is 0.305. The molecule has 0 spiro atoms. The second-order valence-electron chi connectivity index (χ2n) is 5.95. The molecule has 3 aromatic rings. The van der Waals surface area contributed by atoms with Crippen molar-refractivity contribution in [3.63, 3.8) is 0 Å². The van der Waals surface area contributed by atoms with Crippen molar-refractivity contribution >= 4 is 16.2 Å². The van der Waals surface area contributed by atoms with Crippen molar-refractivity contribution in [2.45, 2.75) is 18.4 Å². The first-order valence-electron chi connectivity index (χ1n) is 8.42. The van der Waals surface area contributed by atoms with Crippen molar-refractivity contribution in [3.05, 3.63) is 95.6 Å². The smallest absolute Gasteiger partial charge is 0.276 e. The second-order valence-corrected chi connectivity index (χ2v) is 7.61. The van der Waals surface area contributed by atoms with Crippen LogP contribution in [0.2, 0.25) is 0 Å². The predicted octanol–water partition coefficient (Wildman–Crippen LogP) is 3.89. The monoisotopic (exact) mass is 380 g/mol. The lowest BCUT2D eigenvalue weighted by Gasteiger charge is -2.08. The normalized spacial score (nSPS) is 11.4. The number of aryl methyl sites for hydroxylation is 1. The summed E-state index contributed by atoms with van der Waals surface area (Å²) in [6, 6.07) is 23.5. The molecular formula is C21H20N2O3S. The summed E-state index contributed by atoms with van der Waals surface area (Å²) in [6.45, 7) is 2.55. The van der Waals surface area contributed by atoms with E-state index in [-0.39, 0.29) is 4.90 Å². The SMILES string of the molecule is Cc1ccccc1COc1ccc(/C=N\NS(=O)(=O)c2ccccc2)cc1. The Morgan fingerprint density at radius 3 is 2.30 bits per heavy atom. The lowest BCUT2D eigenvalue weighted by Crippen LogP contribution is -2.18. The van der Waals surface area contributed by atoms with Crippen LogP contribution in [0.15, 0.2) is 88.9 Å². The highest BCUT2D eigenvalue weighted by Crippen LogP contribution is 2.15. The molecule has 6 heteroatoms. The number of hydrogen-bond donors (Lipinski definition) is 1. The third-order valence-electron chi connectivity index (χ3n) is 3.98. The van der Waals surface area contributed by atoms with Crippen molar-refractivity contribution in [2.75, 3.05) is 0 Å². The molecule has 138 valence electrons. The van der Waals surface area contributed by atoms with E-state index in [0.717, 1.165) is 16.9 Å². The molecule has 0 saturated heterocycles. The predicted molar refractivity (Wildman–Crippen MR) is 106 cm³/mol. The molecule has 3 rings (SSSR count). The molecule has 0 aliphatic heterocycles. The van der Waals surface area contributed by atoms with Gasteiger partial charge in [0.05, 0.1) is 11.1 Å². The molecule has 0 radical (unpaired) electrons. The van der Waals surface area contributed by atoms with Crippen molar-refractivity contribution in [3.8, 4) is 5.75 Å². The summed E-state index contributed by atoms with van der Waals surface area (Å²) in [6.07, 6.45) is 1.45. The number of rotatable bonds is 7. The van der Waals surface area contributed by atoms with Crippen LogP contribution < -0.4 is 9.57 Å². The number of ether oxygens (including phenoxy) is 1. The van der Waals surface area contributed by atoms with Crippen LogP contribution in [0.25, 0.3) is 0 Å². The molecule has 0 aliphatic rings. The van der Waals surface area contributed by atoms with Gasteiger partial charge in [0.25, 0.3) is 10.0 Å². The number of hydrazone groups is 1. The maximum absolute atomic E-state index is 12.1. The minimum absolute atomic E-state index is 0.169. The van der Waals surface area contributed by atoms with Crippen LogP contribution in [-0.2, 0) is 16.6 Å². The summed E-state index contributed by atoms with van der Waals surface area (Å²) in [5, 5.41) is 3.82. The van der Waals surface area contributed by atoms with Gasteiger partial charge in [0, 0.05) is 0 Å². The zero-order valence-electron chi connectivity index (χ0n) is 14.9. The molecule has 0 aromatic heterocycles. The zero-order valence-corrected chi connectivity index (χ0v) is 15.7. The molecule has 1 N–H and O–H groups in total. The molecule has 0 heterocycles. The Bertz CT molecular complexity index is 1010. The third kappa shape index (κ3) is 5.18. The fraction of sp³-hybridized carbons (Fsp3) is 0.0952. The van der Waals surface area contributed by atoms with Gasteiger partial charge in [-0.05, 0) is 60.0 Å². The first kappa shape index (κ1) is 18.7. The summed E-state index contributed by atoms with van der Waals surface area (Å²) in [4.78, 5) is 2.37. The van der Waals surface area contributed by atoms with Crippen LogP contribution in [0.3, 0.4) is 0 Å². The Morgan fingerprint density at radius 1 is 0.926 bits per heavy atom. The quantitative estimate of drug-likeness (QED) is 0.499. The van der Waals surface area contributed by atoms with Crippen molar-refractivity contribution in [2.24, 2.45) is 5.10 Å². The van der Waals surface area contributed by atoms with Crippen LogP contribution in [0, 0.1) is 6.92 Å². The summed E-state index contributed by atoms with van der Waals surface area (Å²) >= 11 is 0. The van der Waals surface area contributed by atoms with Gasteiger partial charge >= 0.3 is 0 Å². The topological polar surface area (TPSA) is 67.8 Å². The highest BCUT2D eigenvalue weighted by molar-refractivity contribution is 7.89. The van der Waals surface area contributed by atoms with Gasteiger partial charge in [0.15, 0.2) is 0 Å². The van der Waals surface area contributed by atoms with E-state index in [2.05, 4.69) is 22.9 Å². The van der Waals surface area contributed by atoms with Crippen LogP contribution in [0.1, 0.15) is 16.7 Å². The van der Waals surface area contributed by atoms with E-state index < -0.39 is 10.0 Å². The molecule has 0 aliphatic carbocycles. The van der Waals surface area contributed by atoms with Gasteiger partial charge in [-0.2, -0.15) is 13.5 Å². The standard InChI is InChI=1S/C21H20N2O3S/c1-17-7-5-6-8-19(17)16-26-20-13-11-18(12-14-20)15-22-23-27(24,25)21-9-3-2-4-10-21/h2-15,23H,16H2,1H3/b22-15-. The van der Waals surface area contributed by atoms with E-state index in [0.29, 0.717) is 6.61 Å². The van der Waals surface area contributed by atoms with Gasteiger partial charge in [-0.15, -0.1) is 0 Å². The fourth-order valence-electron chi connectivity index (χ4n) is 2.41. The van der Waals surface area contributed by atoms with Crippen LogP contribution >= 0.6 is 0 Å². The Labute approximate surface area is 159 Å². The van der Waals surface area contributed by atoms with Crippen LogP contribution in [-0.4, -0.2) is 14.6 Å². The van der Waals surface area contributed by atoms with Gasteiger partial charge < -0.3 is 4.74 Å². The Kier molecular flexibility index (Phi) is 5.88. The van der Waals surface area contributed by atoms with E-state index in [1.54, 1.807) is 18.2 Å². The Morgan fingerprint density at radius 2 is 1.59 bits per heavy atom. The number of sulfonamides is 1. The van der Waals surface area contributed by atoms with Gasteiger partial charge in [0.2, 0.25) is 0 Å². The average Bonchev–Trinajstić information content (AvgIpc) is 2.69. The van der Waals surface area contributed by atoms with Gasteiger partial charge in [-0.25, -0.2) is 4.83 Å². The third-order valence-corrected chi connectivity index (χ3v) is 5.21. The molecule has 0 amide bonds. The maximum atomic E-state index is 12.1. The summed E-state index contributed by atoms with van der Waals surface area (Å²) in [7, 11) is -3.65. The van der Waals surface area contributed by atoms with E-state index in [4.69, 9.17) is 4.74 Å². The second kappa shape index (κ2) is 8.51. The van der Waals surface area contributed by atoms with E-state index in [1.807, 2.05) is 42.5 Å². The van der Waals surface area contributed by atoms with Crippen LogP contribution in [0.4, 0.5) is 0 Å². The largest absolute Gasteiger partial charge is 0.489 e. The molecular weight excluding hydrogens is 360 g/mol. The number of nitrogens with zero attached hydrogens (tertiary/aromatic N) is 1. The highest BCUT2D eigenvalue weighted by atomic mass is 32.2. The molecule has 5 nitrogen and oxygen atoms in total. The van der Waals surface area contributed by atoms with Gasteiger partial charge in [-0.3, -0.25) is 0 Å². The van der Waals surface area contributed by atoms with Gasteiger partial charge in [-0.1, -0.05) is 42.5 Å². The average molecular weight is 380 g/mol. The minimum Gasteiger partial charge on any atom is -0.489 e. The van der Waals surface area contributed by atoms with E-state index >= 15 is 0 Å². The molecule has 3 aromatic carbocycles. The summed E-state index contributed by atoms with van der Waals surface area (Å²) in [5.74, 6) is 0.736. The van der Waals surface area contributed by atoms with E-state index in [1.165, 1.54) is 23.9 Å². The maximum Gasteiger partial charge on any atom is 0.276 e. The summed E-state index contributed by atoms with van der Waals surface area (Å²) in [5.41, 5.74) is 3.08. The summed E-state index contributed by atoms with van der Waals surface area (Å²) < 4.78 is 29.9. The molecule has 0 bridgehead atoms.